The Kier molecular flexibility index (Phi) is 3.76. The largest absolute Gasteiger partial charge is 0.508 e. The van der Waals surface area contributed by atoms with Crippen molar-refractivity contribution in [2.45, 2.75) is 13.3 Å². The van der Waals surface area contributed by atoms with Crippen LogP contribution in [0.4, 0.5) is 5.69 Å². The fourth-order valence-electron chi connectivity index (χ4n) is 2.53. The Morgan fingerprint density at radius 1 is 1.04 bits per heavy atom. The van der Waals surface area contributed by atoms with E-state index in [0.717, 1.165) is 16.1 Å². The number of hydrogen-bond donors (Lipinski definition) is 4. The van der Waals surface area contributed by atoms with Gasteiger partial charge in [0.05, 0.1) is 6.20 Å². The van der Waals surface area contributed by atoms with Gasteiger partial charge in [0.25, 0.3) is 0 Å². The van der Waals surface area contributed by atoms with E-state index in [9.17, 15) is 23.7 Å². The lowest BCUT2D eigenvalue weighted by Gasteiger charge is -2.16. The van der Waals surface area contributed by atoms with Crippen molar-refractivity contribution in [2.75, 3.05) is 4.31 Å². The van der Waals surface area contributed by atoms with Gasteiger partial charge < -0.3 is 15.3 Å². The van der Waals surface area contributed by atoms with Crippen molar-refractivity contribution in [2.24, 2.45) is 0 Å². The van der Waals surface area contributed by atoms with Crippen LogP contribution in [0, 0.1) is 6.92 Å². The Labute approximate surface area is 139 Å². The SMILES string of the molecule is Cc1ccc(O)c(Cc2ccc(N3C=C(O)NS3(=O)=O)c(O)c2)c1. The van der Waals surface area contributed by atoms with Crippen LogP contribution < -0.4 is 9.03 Å². The number of phenolic OH excluding ortho intramolecular Hbond substituents is 2. The van der Waals surface area contributed by atoms with E-state index in [4.69, 9.17) is 0 Å². The molecule has 7 nitrogen and oxygen atoms in total. The van der Waals surface area contributed by atoms with Crippen molar-refractivity contribution in [3.63, 3.8) is 0 Å². The molecule has 2 aromatic rings. The van der Waals surface area contributed by atoms with Gasteiger partial charge >= 0.3 is 10.2 Å². The molecule has 0 aliphatic carbocycles. The Bertz CT molecular complexity index is 937. The van der Waals surface area contributed by atoms with Crippen molar-refractivity contribution in [1.82, 2.24) is 4.72 Å². The summed E-state index contributed by atoms with van der Waals surface area (Å²) in [5.41, 5.74) is 2.42. The number of rotatable bonds is 3. The molecule has 0 amide bonds. The van der Waals surface area contributed by atoms with E-state index in [-0.39, 0.29) is 17.2 Å². The summed E-state index contributed by atoms with van der Waals surface area (Å²) >= 11 is 0. The summed E-state index contributed by atoms with van der Waals surface area (Å²) < 4.78 is 26.3. The van der Waals surface area contributed by atoms with Crippen molar-refractivity contribution >= 4 is 15.9 Å². The van der Waals surface area contributed by atoms with Crippen molar-refractivity contribution in [1.29, 1.82) is 0 Å². The molecule has 4 N–H and O–H groups in total. The smallest absolute Gasteiger partial charge is 0.330 e. The fourth-order valence-corrected chi connectivity index (χ4v) is 3.60. The highest BCUT2D eigenvalue weighted by Gasteiger charge is 2.30. The first-order valence-electron chi connectivity index (χ1n) is 7.09. The molecule has 1 aliphatic rings. The van der Waals surface area contributed by atoms with E-state index in [2.05, 4.69) is 0 Å². The van der Waals surface area contributed by atoms with Gasteiger partial charge in [0.1, 0.15) is 17.2 Å². The number of hydrogen-bond acceptors (Lipinski definition) is 5. The van der Waals surface area contributed by atoms with Gasteiger partial charge in [-0.1, -0.05) is 23.8 Å². The van der Waals surface area contributed by atoms with Gasteiger partial charge in [-0.05, 0) is 36.2 Å². The van der Waals surface area contributed by atoms with Gasteiger partial charge in [-0.15, -0.1) is 0 Å². The zero-order chi connectivity index (χ0) is 17.5. The van der Waals surface area contributed by atoms with E-state index in [1.807, 2.05) is 17.7 Å². The van der Waals surface area contributed by atoms with Crippen molar-refractivity contribution in [3.05, 3.63) is 65.2 Å². The molecule has 0 saturated heterocycles. The van der Waals surface area contributed by atoms with Gasteiger partial charge in [-0.3, -0.25) is 0 Å². The molecule has 24 heavy (non-hydrogen) atoms. The number of benzene rings is 2. The highest BCUT2D eigenvalue weighted by atomic mass is 32.2. The van der Waals surface area contributed by atoms with Gasteiger partial charge in [-0.25, -0.2) is 9.03 Å². The molecule has 1 heterocycles. The summed E-state index contributed by atoms with van der Waals surface area (Å²) in [4.78, 5) is 0. The zero-order valence-electron chi connectivity index (χ0n) is 12.8. The third-order valence-corrected chi connectivity index (χ3v) is 4.93. The second-order valence-corrected chi connectivity index (χ2v) is 7.10. The van der Waals surface area contributed by atoms with Crippen LogP contribution >= 0.6 is 0 Å². The molecule has 0 fully saturated rings. The summed E-state index contributed by atoms with van der Waals surface area (Å²) in [5.74, 6) is -0.623. The van der Waals surface area contributed by atoms with Crippen LogP contribution in [0.1, 0.15) is 16.7 Å². The average molecular weight is 348 g/mol. The van der Waals surface area contributed by atoms with Crippen LogP contribution in [0.15, 0.2) is 48.5 Å². The van der Waals surface area contributed by atoms with E-state index in [0.29, 0.717) is 17.5 Å². The average Bonchev–Trinajstić information content (AvgIpc) is 2.76. The molecule has 3 rings (SSSR count). The van der Waals surface area contributed by atoms with E-state index in [1.165, 1.54) is 12.1 Å². The summed E-state index contributed by atoms with van der Waals surface area (Å²) in [6, 6.07) is 9.76. The molecular formula is C16H16N2O5S. The molecule has 0 aromatic heterocycles. The number of nitrogens with zero attached hydrogens (tertiary/aromatic N) is 1. The van der Waals surface area contributed by atoms with Crippen LogP contribution in [0.3, 0.4) is 0 Å². The van der Waals surface area contributed by atoms with Crippen molar-refractivity contribution in [3.8, 4) is 11.5 Å². The predicted octanol–water partition coefficient (Wildman–Crippen LogP) is 2.01. The molecule has 1 aliphatic heterocycles. The minimum atomic E-state index is -3.96. The van der Waals surface area contributed by atoms with E-state index < -0.39 is 16.1 Å². The number of phenols is 2. The molecule has 0 unspecified atom stereocenters. The zero-order valence-corrected chi connectivity index (χ0v) is 13.6. The lowest BCUT2D eigenvalue weighted by Crippen LogP contribution is -2.29. The Balaban J connectivity index is 1.92. The first-order valence-corrected chi connectivity index (χ1v) is 8.53. The molecule has 2 aromatic carbocycles. The van der Waals surface area contributed by atoms with Gasteiger partial charge in [-0.2, -0.15) is 8.42 Å². The van der Waals surface area contributed by atoms with E-state index >= 15 is 0 Å². The van der Waals surface area contributed by atoms with Crippen LogP contribution in [0.2, 0.25) is 0 Å². The highest BCUT2D eigenvalue weighted by molar-refractivity contribution is 7.91. The number of aliphatic hydroxyl groups is 1. The predicted molar refractivity (Wildman–Crippen MR) is 89.0 cm³/mol. The van der Waals surface area contributed by atoms with Crippen molar-refractivity contribution < 1.29 is 23.7 Å². The topological polar surface area (TPSA) is 110 Å². The summed E-state index contributed by atoms with van der Waals surface area (Å²) in [5, 5.41) is 29.4. The maximum atomic E-state index is 11.8. The molecule has 126 valence electrons. The normalized spacial score (nSPS) is 15.9. The molecule has 0 atom stereocenters. The molecule has 8 heteroatoms. The minimum Gasteiger partial charge on any atom is -0.508 e. The summed E-state index contributed by atoms with van der Waals surface area (Å²) in [6.45, 7) is 1.91. The Hall–Kier alpha value is -2.87. The number of aliphatic hydroxyl groups excluding tert-OH is 1. The van der Waals surface area contributed by atoms with E-state index in [1.54, 1.807) is 18.2 Å². The Morgan fingerprint density at radius 2 is 1.79 bits per heavy atom. The molecule has 0 radical (unpaired) electrons. The number of aryl methyl sites for hydroxylation is 1. The van der Waals surface area contributed by atoms with Gasteiger partial charge in [0, 0.05) is 6.42 Å². The fraction of sp³-hybridized carbons (Fsp3) is 0.125. The van der Waals surface area contributed by atoms with Gasteiger partial charge in [0.2, 0.25) is 5.88 Å². The maximum absolute atomic E-state index is 11.8. The third-order valence-electron chi connectivity index (χ3n) is 3.64. The maximum Gasteiger partial charge on any atom is 0.330 e. The lowest BCUT2D eigenvalue weighted by molar-refractivity contribution is 0.392. The molecular weight excluding hydrogens is 332 g/mol. The summed E-state index contributed by atoms with van der Waals surface area (Å²) in [7, 11) is -3.96. The second kappa shape index (κ2) is 5.64. The minimum absolute atomic E-state index is 0.0174. The molecule has 0 spiro atoms. The first kappa shape index (κ1) is 16.0. The highest BCUT2D eigenvalue weighted by Crippen LogP contribution is 2.33. The molecule has 0 saturated carbocycles. The quantitative estimate of drug-likeness (QED) is 0.678. The Morgan fingerprint density at radius 3 is 2.42 bits per heavy atom. The lowest BCUT2D eigenvalue weighted by atomic mass is 10.0. The first-order chi connectivity index (χ1) is 11.3. The van der Waals surface area contributed by atoms with Crippen LogP contribution in [-0.2, 0) is 16.6 Å². The standard InChI is InChI=1S/C16H16N2O5S/c1-10-2-5-14(19)12(6-10)7-11-3-4-13(15(20)8-11)18-9-16(21)17-24(18,22)23/h2-6,8-9,17,19-21H,7H2,1H3. The van der Waals surface area contributed by atoms with Crippen LogP contribution in [0.5, 0.6) is 11.5 Å². The third kappa shape index (κ3) is 2.95. The number of anilines is 1. The number of nitrogens with one attached hydrogen (secondary N) is 1. The number of aromatic hydroxyl groups is 2. The molecule has 0 bridgehead atoms. The monoisotopic (exact) mass is 348 g/mol. The van der Waals surface area contributed by atoms with Crippen LogP contribution in [-0.4, -0.2) is 23.7 Å². The summed E-state index contributed by atoms with van der Waals surface area (Å²) in [6.07, 6.45) is 1.35. The van der Waals surface area contributed by atoms with Gasteiger partial charge in [0.15, 0.2) is 0 Å². The van der Waals surface area contributed by atoms with Crippen LogP contribution in [0.25, 0.3) is 0 Å². The second-order valence-electron chi connectivity index (χ2n) is 5.55.